The zero-order valence-electron chi connectivity index (χ0n) is 25.5. The van der Waals surface area contributed by atoms with Crippen molar-refractivity contribution in [2.45, 2.75) is 38.5 Å². The molecular weight excluding hydrogens is 608 g/mol. The molecule has 13 heteroatoms. The molecule has 1 aromatic rings. The molecule has 0 unspecified atom stereocenters. The number of hydrogen-bond acceptors (Lipinski definition) is 10. The number of esters is 2. The van der Waals surface area contributed by atoms with Crippen LogP contribution in [0.5, 0.6) is 0 Å². The maximum Gasteiger partial charge on any atom is 0.336 e. The summed E-state index contributed by atoms with van der Waals surface area (Å²) in [5, 5.41) is 19.3. The van der Waals surface area contributed by atoms with Gasteiger partial charge in [-0.2, -0.15) is 0 Å². The fraction of sp³-hybridized carbons (Fsp3) is 0.500. The number of allylic oxidation sites excluding steroid dienone is 1. The van der Waals surface area contributed by atoms with Crippen LogP contribution in [0, 0.1) is 17.8 Å². The number of carboxylic acids is 2. The van der Waals surface area contributed by atoms with E-state index in [9.17, 15) is 19.2 Å². The van der Waals surface area contributed by atoms with E-state index in [1.807, 2.05) is 18.2 Å². The number of aliphatic carboxylic acids is 2. The number of halogens is 1. The van der Waals surface area contributed by atoms with Gasteiger partial charge in [0.25, 0.3) is 0 Å². The molecule has 1 aliphatic heterocycles. The predicted octanol–water partition coefficient (Wildman–Crippen LogP) is 3.41. The first-order chi connectivity index (χ1) is 21.6. The van der Waals surface area contributed by atoms with Crippen molar-refractivity contribution in [3.63, 3.8) is 0 Å². The summed E-state index contributed by atoms with van der Waals surface area (Å²) in [6, 6.07) is 7.20. The molecule has 4 rings (SSSR count). The molecule has 3 aliphatic rings. The predicted molar refractivity (Wildman–Crippen MR) is 164 cm³/mol. The lowest BCUT2D eigenvalue weighted by atomic mass is 9.80. The molecule has 1 aromatic carbocycles. The third-order valence-corrected chi connectivity index (χ3v) is 7.94. The van der Waals surface area contributed by atoms with E-state index in [-0.39, 0.29) is 6.61 Å². The molecule has 0 saturated heterocycles. The van der Waals surface area contributed by atoms with Crippen LogP contribution >= 0.6 is 11.6 Å². The molecular formula is C32H41ClN2O10. The van der Waals surface area contributed by atoms with E-state index in [1.54, 1.807) is 13.0 Å². The van der Waals surface area contributed by atoms with Gasteiger partial charge in [-0.1, -0.05) is 29.8 Å². The van der Waals surface area contributed by atoms with E-state index >= 15 is 0 Å². The lowest BCUT2D eigenvalue weighted by Crippen LogP contribution is -2.35. The summed E-state index contributed by atoms with van der Waals surface area (Å²) in [4.78, 5) is 45.9. The van der Waals surface area contributed by atoms with Crippen LogP contribution in [0.3, 0.4) is 0 Å². The average molecular weight is 649 g/mol. The van der Waals surface area contributed by atoms with Crippen LogP contribution in [0.15, 0.2) is 59.0 Å². The Kier molecular flexibility index (Phi) is 14.1. The first kappa shape index (κ1) is 35.8. The number of rotatable bonds is 16. The normalized spacial score (nSPS) is 17.9. The molecule has 12 nitrogen and oxygen atoms in total. The summed E-state index contributed by atoms with van der Waals surface area (Å²) in [5.74, 6) is -2.61. The molecule has 0 spiro atoms. The van der Waals surface area contributed by atoms with Gasteiger partial charge < -0.3 is 40.2 Å². The number of ether oxygens (including phenoxy) is 4. The number of nitrogens with one attached hydrogen (secondary N) is 1. The van der Waals surface area contributed by atoms with Crippen molar-refractivity contribution in [1.82, 2.24) is 5.32 Å². The first-order valence-electron chi connectivity index (χ1n) is 14.8. The third-order valence-electron chi connectivity index (χ3n) is 7.60. The van der Waals surface area contributed by atoms with Crippen LogP contribution in [0.2, 0.25) is 5.02 Å². The second-order valence-corrected chi connectivity index (χ2v) is 11.3. The SMILES string of the molecule is COC(=O)C1=C(C)NC(COCCOCCN)=C(C(=O)OCC(C2CC2)C2CC2)[C@@H]1c1ccccc1Cl.O=C(O)/C=C/C(=O)O. The van der Waals surface area contributed by atoms with Gasteiger partial charge >= 0.3 is 23.9 Å². The van der Waals surface area contributed by atoms with Gasteiger partial charge in [-0.25, -0.2) is 19.2 Å². The molecule has 45 heavy (non-hydrogen) atoms. The number of hydrogen-bond donors (Lipinski definition) is 4. The van der Waals surface area contributed by atoms with Crippen molar-refractivity contribution in [3.8, 4) is 0 Å². The van der Waals surface area contributed by atoms with E-state index in [1.165, 1.54) is 32.8 Å². The van der Waals surface area contributed by atoms with Crippen molar-refractivity contribution in [3.05, 3.63) is 69.5 Å². The summed E-state index contributed by atoms with van der Waals surface area (Å²) in [5.41, 5.74) is 7.83. The lowest BCUT2D eigenvalue weighted by Gasteiger charge is -2.32. The van der Waals surface area contributed by atoms with Gasteiger partial charge in [0.15, 0.2) is 0 Å². The smallest absolute Gasteiger partial charge is 0.336 e. The second kappa shape index (κ2) is 17.7. The number of carbonyl (C=O) groups excluding carboxylic acids is 2. The van der Waals surface area contributed by atoms with Crippen molar-refractivity contribution >= 4 is 35.5 Å². The highest BCUT2D eigenvalue weighted by Gasteiger charge is 2.44. The Morgan fingerprint density at radius 2 is 1.56 bits per heavy atom. The van der Waals surface area contributed by atoms with Crippen LogP contribution in [-0.4, -0.2) is 80.8 Å². The number of nitrogens with two attached hydrogens (primary N) is 1. The summed E-state index contributed by atoms with van der Waals surface area (Å²) in [6.45, 7) is 3.85. The molecule has 0 radical (unpaired) electrons. The highest BCUT2D eigenvalue weighted by Crippen LogP contribution is 2.49. The number of carbonyl (C=O) groups is 4. The summed E-state index contributed by atoms with van der Waals surface area (Å²) < 4.78 is 22.3. The van der Waals surface area contributed by atoms with Gasteiger partial charge in [0, 0.05) is 29.4 Å². The zero-order valence-corrected chi connectivity index (χ0v) is 26.2. The maximum atomic E-state index is 13.8. The van der Waals surface area contributed by atoms with Crippen LogP contribution in [-0.2, 0) is 38.1 Å². The van der Waals surface area contributed by atoms with E-state index in [4.69, 9.17) is 46.5 Å². The van der Waals surface area contributed by atoms with Gasteiger partial charge in [0.2, 0.25) is 0 Å². The molecule has 2 saturated carbocycles. The van der Waals surface area contributed by atoms with E-state index in [0.717, 1.165) is 0 Å². The second-order valence-electron chi connectivity index (χ2n) is 10.9. The quantitative estimate of drug-likeness (QED) is 0.117. The minimum Gasteiger partial charge on any atom is -0.478 e. The van der Waals surface area contributed by atoms with E-state index < -0.39 is 29.8 Å². The van der Waals surface area contributed by atoms with Crippen molar-refractivity contribution < 1.29 is 48.3 Å². The van der Waals surface area contributed by atoms with Gasteiger partial charge in [-0.15, -0.1) is 0 Å². The number of carboxylic acid groups (broad SMARTS) is 2. The monoisotopic (exact) mass is 648 g/mol. The standard InChI is InChI=1S/C28H37ClN2O6.C4H4O4/c1-17-24(27(32)34-2)25(20-5-3-4-6-22(20)29)26(23(31-17)16-36-14-13-35-12-11-30)28(33)37-15-21(18-7-8-18)19-9-10-19;5-3(6)1-2-4(7)8/h3-6,18-19,21,25,31H,7-16,30H2,1-2H3;1-2H,(H,5,6)(H,7,8)/b;2-1+/t25-;/m1./s1. The highest BCUT2D eigenvalue weighted by atomic mass is 35.5. The number of dihydropyridines is 1. The molecule has 2 aliphatic carbocycles. The van der Waals surface area contributed by atoms with Gasteiger partial charge in [-0.3, -0.25) is 0 Å². The van der Waals surface area contributed by atoms with E-state index in [2.05, 4.69) is 5.32 Å². The first-order valence-corrected chi connectivity index (χ1v) is 15.2. The Morgan fingerprint density at radius 3 is 2.09 bits per heavy atom. The van der Waals surface area contributed by atoms with Crippen molar-refractivity contribution in [2.75, 3.05) is 46.7 Å². The molecule has 0 amide bonds. The summed E-state index contributed by atoms with van der Waals surface area (Å²) in [7, 11) is 1.32. The van der Waals surface area contributed by atoms with Gasteiger partial charge in [-0.05, 0) is 62.0 Å². The Bertz CT molecular complexity index is 1290. The molecule has 1 atom stereocenters. The van der Waals surface area contributed by atoms with Gasteiger partial charge in [0.1, 0.15) is 0 Å². The van der Waals surface area contributed by atoms with Crippen molar-refractivity contribution in [1.29, 1.82) is 0 Å². The summed E-state index contributed by atoms with van der Waals surface area (Å²) >= 11 is 6.61. The molecule has 246 valence electrons. The fourth-order valence-corrected chi connectivity index (χ4v) is 5.47. The lowest BCUT2D eigenvalue weighted by molar-refractivity contribution is -0.141. The fourth-order valence-electron chi connectivity index (χ4n) is 5.23. The highest BCUT2D eigenvalue weighted by molar-refractivity contribution is 6.31. The molecule has 0 aromatic heterocycles. The minimum atomic E-state index is -1.26. The van der Waals surface area contributed by atoms with Crippen molar-refractivity contribution in [2.24, 2.45) is 23.5 Å². The Morgan fingerprint density at radius 1 is 0.956 bits per heavy atom. The number of benzene rings is 1. The largest absolute Gasteiger partial charge is 0.478 e. The Hall–Kier alpha value is -3.71. The van der Waals surface area contributed by atoms with Crippen LogP contribution in [0.4, 0.5) is 0 Å². The maximum absolute atomic E-state index is 13.8. The van der Waals surface area contributed by atoms with Crippen LogP contribution in [0.25, 0.3) is 0 Å². The average Bonchev–Trinajstić information content (AvgIpc) is 3.94. The topological polar surface area (TPSA) is 184 Å². The Labute approximate surface area is 267 Å². The molecule has 0 bridgehead atoms. The third kappa shape index (κ3) is 11.0. The molecule has 5 N–H and O–H groups in total. The summed E-state index contributed by atoms with van der Waals surface area (Å²) in [6.07, 6.45) is 5.91. The van der Waals surface area contributed by atoms with E-state index in [0.29, 0.717) is 96.0 Å². The molecule has 1 heterocycles. The zero-order chi connectivity index (χ0) is 32.9. The van der Waals surface area contributed by atoms with Crippen LogP contribution in [0.1, 0.15) is 44.1 Å². The minimum absolute atomic E-state index is 0.109. The van der Waals surface area contributed by atoms with Gasteiger partial charge in [0.05, 0.1) is 62.9 Å². The Balaban J connectivity index is 0.000000610. The van der Waals surface area contributed by atoms with Crippen LogP contribution < -0.4 is 11.1 Å². The number of methoxy groups -OCH3 is 1. The molecule has 2 fully saturated rings.